The minimum absolute atomic E-state index is 0.00886. The van der Waals surface area contributed by atoms with Crippen LogP contribution in [0.1, 0.15) is 26.7 Å². The second kappa shape index (κ2) is 10.0. The fraction of sp³-hybridized carbons (Fsp3) is 0.611. The third-order valence-corrected chi connectivity index (χ3v) is 5.95. The molecule has 1 unspecified atom stereocenters. The lowest BCUT2D eigenvalue weighted by Gasteiger charge is -2.38. The molecule has 2 amide bonds. The average molecular weight is 399 g/mol. The third kappa shape index (κ3) is 6.46. The molecule has 0 spiro atoms. The number of primary sulfonamides is 1. The molecule has 0 radical (unpaired) electrons. The Bertz CT molecular complexity index is 699. The predicted octanol–water partition coefficient (Wildman–Crippen LogP) is 1.59. The van der Waals surface area contributed by atoms with Crippen molar-refractivity contribution in [2.45, 2.75) is 37.6 Å². The van der Waals surface area contributed by atoms with Gasteiger partial charge in [-0.1, -0.05) is 26.7 Å². The van der Waals surface area contributed by atoms with Crippen molar-refractivity contribution in [3.05, 3.63) is 24.3 Å². The molecule has 0 bridgehead atoms. The average Bonchev–Trinajstić information content (AvgIpc) is 2.65. The molecule has 1 aliphatic heterocycles. The number of morpholine rings is 1. The molecular formula is C18H30N4O4S. The van der Waals surface area contributed by atoms with Gasteiger partial charge in [-0.15, -0.1) is 0 Å². The van der Waals surface area contributed by atoms with E-state index in [0.717, 1.165) is 39.1 Å². The Morgan fingerprint density at radius 3 is 2.30 bits per heavy atom. The molecule has 2 rings (SSSR count). The summed E-state index contributed by atoms with van der Waals surface area (Å²) in [6.07, 6.45) is 2.10. The summed E-state index contributed by atoms with van der Waals surface area (Å²) in [5.74, 6) is 0.498. The van der Waals surface area contributed by atoms with Crippen LogP contribution < -0.4 is 15.8 Å². The molecule has 1 fully saturated rings. The molecule has 152 valence electrons. The first kappa shape index (κ1) is 21.6. The second-order valence-corrected chi connectivity index (χ2v) is 8.26. The summed E-state index contributed by atoms with van der Waals surface area (Å²) in [6.45, 7) is 8.09. The minimum atomic E-state index is -3.74. The van der Waals surface area contributed by atoms with Crippen LogP contribution in [0.15, 0.2) is 29.2 Å². The fourth-order valence-electron chi connectivity index (χ4n) is 3.44. The van der Waals surface area contributed by atoms with Crippen molar-refractivity contribution in [2.75, 3.05) is 38.2 Å². The van der Waals surface area contributed by atoms with Crippen molar-refractivity contribution < 1.29 is 17.9 Å². The van der Waals surface area contributed by atoms with E-state index in [1.807, 2.05) is 0 Å². The molecule has 8 nitrogen and oxygen atoms in total. The van der Waals surface area contributed by atoms with Crippen LogP contribution in [-0.4, -0.2) is 58.2 Å². The number of benzene rings is 1. The molecule has 0 aliphatic carbocycles. The smallest absolute Gasteiger partial charge is 0.319 e. The highest BCUT2D eigenvalue weighted by atomic mass is 32.2. The van der Waals surface area contributed by atoms with Gasteiger partial charge in [0.15, 0.2) is 0 Å². The van der Waals surface area contributed by atoms with E-state index in [2.05, 4.69) is 29.4 Å². The summed E-state index contributed by atoms with van der Waals surface area (Å²) in [6, 6.07) is 5.71. The van der Waals surface area contributed by atoms with Gasteiger partial charge in [-0.2, -0.15) is 0 Å². The predicted molar refractivity (Wildman–Crippen MR) is 105 cm³/mol. The maximum absolute atomic E-state index is 12.3. The number of nitrogens with zero attached hydrogens (tertiary/aromatic N) is 1. The number of hydrogen-bond donors (Lipinski definition) is 3. The molecule has 0 aromatic heterocycles. The van der Waals surface area contributed by atoms with Gasteiger partial charge < -0.3 is 15.4 Å². The number of anilines is 1. The lowest BCUT2D eigenvalue weighted by Crippen LogP contribution is -2.52. The SMILES string of the molecule is CCC(CC)C(CNC(=O)Nc1ccc(S(N)(=O)=O)cc1)N1CCOCC1. The van der Waals surface area contributed by atoms with Crippen LogP contribution in [0, 0.1) is 5.92 Å². The third-order valence-electron chi connectivity index (χ3n) is 5.02. The van der Waals surface area contributed by atoms with Gasteiger partial charge in [-0.05, 0) is 30.2 Å². The van der Waals surface area contributed by atoms with Gasteiger partial charge in [-0.25, -0.2) is 18.4 Å². The van der Waals surface area contributed by atoms with Crippen LogP contribution in [0.3, 0.4) is 0 Å². The van der Waals surface area contributed by atoms with Gasteiger partial charge in [0.05, 0.1) is 18.1 Å². The van der Waals surface area contributed by atoms with E-state index in [1.165, 1.54) is 24.3 Å². The number of nitrogens with one attached hydrogen (secondary N) is 2. The Kier molecular flexibility index (Phi) is 8.03. The first-order valence-corrected chi connectivity index (χ1v) is 10.9. The van der Waals surface area contributed by atoms with Crippen LogP contribution in [0.25, 0.3) is 0 Å². The van der Waals surface area contributed by atoms with Gasteiger partial charge in [-0.3, -0.25) is 4.90 Å². The number of carbonyl (C=O) groups excluding carboxylic acids is 1. The maximum Gasteiger partial charge on any atom is 0.319 e. The Balaban J connectivity index is 1.94. The van der Waals surface area contributed by atoms with E-state index in [4.69, 9.17) is 9.88 Å². The monoisotopic (exact) mass is 398 g/mol. The first-order valence-electron chi connectivity index (χ1n) is 9.34. The first-order chi connectivity index (χ1) is 12.8. The van der Waals surface area contributed by atoms with Crippen molar-refractivity contribution in [2.24, 2.45) is 11.1 Å². The van der Waals surface area contributed by atoms with Crippen LogP contribution in [0.5, 0.6) is 0 Å². The molecule has 1 aromatic carbocycles. The molecule has 1 aliphatic rings. The number of amides is 2. The van der Waals surface area contributed by atoms with E-state index < -0.39 is 10.0 Å². The normalized spacial score (nSPS) is 16.9. The van der Waals surface area contributed by atoms with E-state index in [-0.39, 0.29) is 17.0 Å². The number of carbonyl (C=O) groups is 1. The van der Waals surface area contributed by atoms with Gasteiger partial charge in [0.25, 0.3) is 0 Å². The summed E-state index contributed by atoms with van der Waals surface area (Å²) in [4.78, 5) is 14.7. The largest absolute Gasteiger partial charge is 0.379 e. The lowest BCUT2D eigenvalue weighted by molar-refractivity contribution is 0.00247. The summed E-state index contributed by atoms with van der Waals surface area (Å²) in [5, 5.41) is 10.7. The molecule has 4 N–H and O–H groups in total. The van der Waals surface area contributed by atoms with E-state index >= 15 is 0 Å². The molecule has 1 heterocycles. The molecule has 27 heavy (non-hydrogen) atoms. The number of sulfonamides is 1. The van der Waals surface area contributed by atoms with Crippen LogP contribution >= 0.6 is 0 Å². The van der Waals surface area contributed by atoms with Gasteiger partial charge in [0, 0.05) is 31.4 Å². The zero-order valence-corrected chi connectivity index (χ0v) is 16.8. The molecule has 1 saturated heterocycles. The minimum Gasteiger partial charge on any atom is -0.379 e. The van der Waals surface area contributed by atoms with Crippen LogP contribution in [0.2, 0.25) is 0 Å². The zero-order chi connectivity index (χ0) is 19.9. The van der Waals surface area contributed by atoms with Crippen LogP contribution in [-0.2, 0) is 14.8 Å². The summed E-state index contributed by atoms with van der Waals surface area (Å²) in [5.41, 5.74) is 0.505. The number of ether oxygens (including phenoxy) is 1. The highest BCUT2D eigenvalue weighted by Gasteiger charge is 2.27. The summed E-state index contributed by atoms with van der Waals surface area (Å²) >= 11 is 0. The van der Waals surface area contributed by atoms with Gasteiger partial charge in [0.2, 0.25) is 10.0 Å². The van der Waals surface area contributed by atoms with E-state index in [9.17, 15) is 13.2 Å². The van der Waals surface area contributed by atoms with Crippen molar-refractivity contribution in [1.82, 2.24) is 10.2 Å². The topological polar surface area (TPSA) is 114 Å². The quantitative estimate of drug-likeness (QED) is 0.615. The summed E-state index contributed by atoms with van der Waals surface area (Å²) in [7, 11) is -3.74. The van der Waals surface area contributed by atoms with E-state index in [0.29, 0.717) is 18.2 Å². The van der Waals surface area contributed by atoms with Crippen molar-refractivity contribution >= 4 is 21.7 Å². The molecule has 0 saturated carbocycles. The molecular weight excluding hydrogens is 368 g/mol. The Hall–Kier alpha value is -1.68. The number of urea groups is 1. The van der Waals surface area contributed by atoms with Crippen molar-refractivity contribution in [3.8, 4) is 0 Å². The standard InChI is InChI=1S/C18H30N4O4S/c1-3-14(4-2)17(22-9-11-26-12-10-22)13-20-18(23)21-15-5-7-16(8-6-15)27(19,24)25/h5-8,14,17H,3-4,9-13H2,1-2H3,(H2,19,24,25)(H2,20,21,23). The Morgan fingerprint density at radius 1 is 1.19 bits per heavy atom. The lowest BCUT2D eigenvalue weighted by atomic mass is 9.92. The van der Waals surface area contributed by atoms with Gasteiger partial charge in [0.1, 0.15) is 0 Å². The number of hydrogen-bond acceptors (Lipinski definition) is 5. The zero-order valence-electron chi connectivity index (χ0n) is 16.0. The molecule has 1 aromatic rings. The highest BCUT2D eigenvalue weighted by Crippen LogP contribution is 2.20. The molecule has 1 atom stereocenters. The fourth-order valence-corrected chi connectivity index (χ4v) is 3.95. The highest BCUT2D eigenvalue weighted by molar-refractivity contribution is 7.89. The maximum atomic E-state index is 12.3. The van der Waals surface area contributed by atoms with E-state index in [1.54, 1.807) is 0 Å². The van der Waals surface area contributed by atoms with Crippen molar-refractivity contribution in [1.29, 1.82) is 0 Å². The number of rotatable bonds is 8. The molecule has 9 heteroatoms. The van der Waals surface area contributed by atoms with Crippen LogP contribution in [0.4, 0.5) is 10.5 Å². The Morgan fingerprint density at radius 2 is 1.78 bits per heavy atom. The number of nitrogens with two attached hydrogens (primary N) is 1. The van der Waals surface area contributed by atoms with Crippen molar-refractivity contribution in [3.63, 3.8) is 0 Å². The van der Waals surface area contributed by atoms with Gasteiger partial charge >= 0.3 is 6.03 Å². The summed E-state index contributed by atoms with van der Waals surface area (Å²) < 4.78 is 28.0. The Labute approximate surface area is 161 Å². The second-order valence-electron chi connectivity index (χ2n) is 6.70.